The molecule has 2 N–H and O–H groups in total. The molecule has 11 heteroatoms. The van der Waals surface area contributed by atoms with Crippen LogP contribution in [0.5, 0.6) is 11.5 Å². The second-order valence-corrected chi connectivity index (χ2v) is 11.0. The minimum absolute atomic E-state index is 0.101. The molecule has 0 bridgehead atoms. The van der Waals surface area contributed by atoms with Gasteiger partial charge in [-0.25, -0.2) is 9.98 Å². The fraction of sp³-hybridized carbons (Fsp3) is 0.367. The highest BCUT2D eigenvalue weighted by Gasteiger charge is 2.33. The van der Waals surface area contributed by atoms with Gasteiger partial charge in [-0.05, 0) is 41.3 Å². The molecule has 0 aromatic heterocycles. The number of aliphatic imine (C=N–C) groups is 2. The van der Waals surface area contributed by atoms with Gasteiger partial charge in [0.15, 0.2) is 0 Å². The maximum atomic E-state index is 12.3. The van der Waals surface area contributed by atoms with Gasteiger partial charge in [-0.3, -0.25) is 9.69 Å². The normalized spacial score (nSPS) is 20.0. The van der Waals surface area contributed by atoms with E-state index in [1.165, 1.54) is 6.08 Å². The Labute approximate surface area is 245 Å². The van der Waals surface area contributed by atoms with Crippen LogP contribution < -0.4 is 25.0 Å². The van der Waals surface area contributed by atoms with Crippen molar-refractivity contribution in [3.05, 3.63) is 66.1 Å². The van der Waals surface area contributed by atoms with Gasteiger partial charge in [-0.15, -0.1) is 11.8 Å². The van der Waals surface area contributed by atoms with Crippen LogP contribution in [0.1, 0.15) is 11.6 Å². The van der Waals surface area contributed by atoms with E-state index in [2.05, 4.69) is 56.7 Å². The lowest BCUT2D eigenvalue weighted by molar-refractivity contribution is -0.111. The van der Waals surface area contributed by atoms with Crippen LogP contribution in [0.3, 0.4) is 0 Å². The van der Waals surface area contributed by atoms with Crippen LogP contribution in [0.2, 0.25) is 0 Å². The number of guanidine groups is 1. The molecule has 41 heavy (non-hydrogen) atoms. The van der Waals surface area contributed by atoms with Gasteiger partial charge in [0.1, 0.15) is 18.1 Å². The molecule has 1 amide bonds. The molecule has 2 atom stereocenters. The third-order valence-corrected chi connectivity index (χ3v) is 8.11. The second-order valence-electron chi connectivity index (χ2n) is 9.95. The van der Waals surface area contributed by atoms with Crippen molar-refractivity contribution in [3.8, 4) is 11.5 Å². The number of morpholine rings is 1. The van der Waals surface area contributed by atoms with E-state index < -0.39 is 0 Å². The Bertz CT molecular complexity index is 1370. The number of benzene rings is 2. The number of thioether (sulfide) groups is 1. The zero-order chi connectivity index (χ0) is 28.8. The number of rotatable bonds is 10. The summed E-state index contributed by atoms with van der Waals surface area (Å²) in [6.07, 6.45) is 3.26. The fourth-order valence-corrected chi connectivity index (χ4v) is 5.83. The summed E-state index contributed by atoms with van der Waals surface area (Å²) >= 11 is 1.72. The van der Waals surface area contributed by atoms with Gasteiger partial charge < -0.3 is 29.7 Å². The smallest absolute Gasteiger partial charge is 0.247 e. The van der Waals surface area contributed by atoms with Crippen molar-refractivity contribution < 1.29 is 19.0 Å². The Morgan fingerprint density at radius 1 is 1.22 bits per heavy atom. The second kappa shape index (κ2) is 13.2. The highest BCUT2D eigenvalue weighted by molar-refractivity contribution is 8.04. The van der Waals surface area contributed by atoms with E-state index in [1.807, 2.05) is 20.2 Å². The maximum absolute atomic E-state index is 12.3. The van der Waals surface area contributed by atoms with Crippen LogP contribution in [0.15, 0.2) is 70.5 Å². The van der Waals surface area contributed by atoms with E-state index in [1.54, 1.807) is 31.0 Å². The number of hydrogen-bond acceptors (Lipinski definition) is 10. The highest BCUT2D eigenvalue weighted by Crippen LogP contribution is 2.41. The van der Waals surface area contributed by atoms with E-state index in [0.29, 0.717) is 35.4 Å². The van der Waals surface area contributed by atoms with Crippen molar-refractivity contribution in [1.82, 2.24) is 4.90 Å². The third-order valence-electron chi connectivity index (χ3n) is 7.03. The largest absolute Gasteiger partial charge is 0.494 e. The Hall–Kier alpha value is -3.80. The van der Waals surface area contributed by atoms with Crippen LogP contribution in [0.25, 0.3) is 0 Å². The predicted octanol–water partition coefficient (Wildman–Crippen LogP) is 4.19. The summed E-state index contributed by atoms with van der Waals surface area (Å²) in [6, 6.07) is 11.8. The summed E-state index contributed by atoms with van der Waals surface area (Å²) in [5.41, 5.74) is 4.27. The molecule has 10 nitrogen and oxygen atoms in total. The summed E-state index contributed by atoms with van der Waals surface area (Å²) in [6.45, 7) is 7.97. The first-order valence-corrected chi connectivity index (χ1v) is 14.5. The molecule has 1 saturated heterocycles. The molecule has 1 fully saturated rings. The van der Waals surface area contributed by atoms with Crippen LogP contribution >= 0.6 is 11.8 Å². The zero-order valence-electron chi connectivity index (χ0n) is 23.6. The number of hydrogen-bond donors (Lipinski definition) is 2. The first kappa shape index (κ1) is 28.7. The Morgan fingerprint density at radius 2 is 2.05 bits per heavy atom. The van der Waals surface area contributed by atoms with Crippen molar-refractivity contribution >= 4 is 46.4 Å². The van der Waals surface area contributed by atoms with Crippen LogP contribution in [-0.2, 0) is 9.53 Å². The van der Waals surface area contributed by atoms with Crippen molar-refractivity contribution in [1.29, 1.82) is 0 Å². The van der Waals surface area contributed by atoms with Gasteiger partial charge in [0.2, 0.25) is 11.9 Å². The average molecular weight is 577 g/mol. The molecular weight excluding hydrogens is 540 g/mol. The van der Waals surface area contributed by atoms with Gasteiger partial charge in [0.25, 0.3) is 0 Å². The Morgan fingerprint density at radius 3 is 2.80 bits per heavy atom. The summed E-state index contributed by atoms with van der Waals surface area (Å²) in [5, 5.41) is 8.37. The van der Waals surface area contributed by atoms with E-state index in [9.17, 15) is 4.79 Å². The highest BCUT2D eigenvalue weighted by atomic mass is 32.2. The van der Waals surface area contributed by atoms with Crippen molar-refractivity contribution in [2.24, 2.45) is 9.98 Å². The number of ether oxygens (including phenoxy) is 3. The molecular formula is C30H36N6O4S. The third kappa shape index (κ3) is 6.92. The van der Waals surface area contributed by atoms with Gasteiger partial charge in [-0.2, -0.15) is 0 Å². The van der Waals surface area contributed by atoms with E-state index in [4.69, 9.17) is 24.2 Å². The first-order valence-electron chi connectivity index (χ1n) is 13.6. The first-order chi connectivity index (χ1) is 19.9. The molecule has 216 valence electrons. The van der Waals surface area contributed by atoms with Crippen LogP contribution in [0, 0.1) is 0 Å². The molecule has 0 saturated carbocycles. The Kier molecular flexibility index (Phi) is 9.28. The van der Waals surface area contributed by atoms with Crippen molar-refractivity contribution in [2.75, 3.05) is 76.2 Å². The predicted molar refractivity (Wildman–Crippen MR) is 167 cm³/mol. The molecule has 2 unspecified atom stereocenters. The van der Waals surface area contributed by atoms with E-state index >= 15 is 0 Å². The van der Waals surface area contributed by atoms with Gasteiger partial charge >= 0.3 is 0 Å². The van der Waals surface area contributed by atoms with E-state index in [0.717, 1.165) is 49.8 Å². The number of methoxy groups -OCH3 is 1. The summed E-state index contributed by atoms with van der Waals surface area (Å²) in [5.74, 6) is 1.16. The number of nitrogens with zero attached hydrogens (tertiary/aromatic N) is 4. The lowest BCUT2D eigenvalue weighted by Gasteiger charge is -2.27. The molecule has 2 aromatic carbocycles. The Balaban J connectivity index is 1.42. The van der Waals surface area contributed by atoms with E-state index in [-0.39, 0.29) is 17.2 Å². The topological polar surface area (TPSA) is 100 Å². The number of amides is 1. The minimum Gasteiger partial charge on any atom is -0.494 e. The molecule has 5 rings (SSSR count). The molecule has 3 heterocycles. The lowest BCUT2D eigenvalue weighted by Crippen LogP contribution is -2.38. The number of anilines is 3. The lowest BCUT2D eigenvalue weighted by atomic mass is 9.99. The monoisotopic (exact) mass is 576 g/mol. The minimum atomic E-state index is -0.341. The molecule has 0 radical (unpaired) electrons. The van der Waals surface area contributed by atoms with Gasteiger partial charge in [-0.1, -0.05) is 18.7 Å². The molecule has 3 aliphatic rings. The number of allylic oxidation sites excluding steroid dienone is 1. The molecule has 0 aliphatic carbocycles. The fourth-order valence-electron chi connectivity index (χ4n) is 4.80. The van der Waals surface area contributed by atoms with Gasteiger partial charge in [0, 0.05) is 45.5 Å². The number of nitrogens with one attached hydrogen (secondary N) is 2. The van der Waals surface area contributed by atoms with Gasteiger partial charge in [0.05, 0.1) is 48.7 Å². The molecule has 3 aliphatic heterocycles. The summed E-state index contributed by atoms with van der Waals surface area (Å²) in [4.78, 5) is 26.5. The zero-order valence-corrected chi connectivity index (χ0v) is 24.4. The number of carbonyl (C=O) groups excluding carboxylic acids is 1. The standard InChI is InChI=1S/C30H36N6O4S/c1-5-27(37)31-24-18-23(25(38-4)19-26(24)40-15-12-36-10-13-39-14-11-36)33-30-32-22-9-16-41-29(22)28(34-30)20-7-6-8-21(17-20)35(2)3/h5-9,16-19,28-29H,1,10-15H2,2-4H3,(H,31,37)(H,33,34). The average Bonchev–Trinajstić information content (AvgIpc) is 3.47. The maximum Gasteiger partial charge on any atom is 0.247 e. The summed E-state index contributed by atoms with van der Waals surface area (Å²) in [7, 11) is 5.65. The molecule has 0 spiro atoms. The van der Waals surface area contributed by atoms with Crippen LogP contribution in [-0.4, -0.2) is 88.4 Å². The van der Waals surface area contributed by atoms with Crippen molar-refractivity contribution in [2.45, 2.75) is 11.3 Å². The quantitative estimate of drug-likeness (QED) is 0.407. The molecule has 2 aromatic rings. The van der Waals surface area contributed by atoms with Crippen molar-refractivity contribution in [3.63, 3.8) is 0 Å². The van der Waals surface area contributed by atoms with Crippen LogP contribution in [0.4, 0.5) is 17.1 Å². The number of carbonyl (C=O) groups is 1. The summed E-state index contributed by atoms with van der Waals surface area (Å²) < 4.78 is 17.3. The number of fused-ring (bicyclic) bond motifs is 1. The SMILES string of the molecule is C=CC(=O)Nc1cc(NC2=NC(c3cccc(N(C)C)c3)C3SC=CC3=N2)c(OC)cc1OCCN1CCOCC1.